The number of carbonyl (C=O) groups excluding carboxylic acids is 1. The number of aryl methyl sites for hydroxylation is 2. The third-order valence-electron chi connectivity index (χ3n) is 7.58. The average Bonchev–Trinajstić information content (AvgIpc) is 3.56. The van der Waals surface area contributed by atoms with Gasteiger partial charge in [-0.3, -0.25) is 14.4 Å². The van der Waals surface area contributed by atoms with Gasteiger partial charge in [0, 0.05) is 49.1 Å². The summed E-state index contributed by atoms with van der Waals surface area (Å²) in [7, 11) is 3.16. The molecule has 4 aromatic rings. The number of piperidine rings is 1. The zero-order valence-electron chi connectivity index (χ0n) is 23.7. The van der Waals surface area contributed by atoms with Crippen LogP contribution in [0.15, 0.2) is 42.7 Å². The molecule has 1 saturated heterocycles. The maximum absolute atomic E-state index is 13.9. The summed E-state index contributed by atoms with van der Waals surface area (Å²) in [5, 5.41) is 15.3. The van der Waals surface area contributed by atoms with E-state index in [2.05, 4.69) is 20.7 Å². The number of methoxy groups -OCH3 is 1. The van der Waals surface area contributed by atoms with Crippen LogP contribution in [-0.4, -0.2) is 62.0 Å². The number of amides is 1. The zero-order chi connectivity index (χ0) is 30.2. The Hall–Kier alpha value is -4.26. The highest BCUT2D eigenvalue weighted by molar-refractivity contribution is 6.05. The Balaban J connectivity index is 1.45. The van der Waals surface area contributed by atoms with Crippen molar-refractivity contribution in [3.05, 3.63) is 70.7 Å². The van der Waals surface area contributed by atoms with Gasteiger partial charge in [-0.25, -0.2) is 9.07 Å². The minimum atomic E-state index is -4.65. The van der Waals surface area contributed by atoms with Crippen LogP contribution < -0.4 is 10.1 Å². The van der Waals surface area contributed by atoms with E-state index in [1.165, 1.54) is 11.8 Å². The van der Waals surface area contributed by atoms with Crippen molar-refractivity contribution in [2.24, 2.45) is 7.05 Å². The van der Waals surface area contributed by atoms with Crippen LogP contribution in [-0.2, 0) is 19.8 Å². The lowest BCUT2D eigenvalue weighted by Gasteiger charge is -2.29. The summed E-state index contributed by atoms with van der Waals surface area (Å²) in [6.45, 7) is 4.72. The lowest BCUT2D eigenvalue weighted by atomic mass is 10.0. The number of rotatable bonds is 7. The lowest BCUT2D eigenvalue weighted by molar-refractivity contribution is -0.137. The summed E-state index contributed by atoms with van der Waals surface area (Å²) in [5.41, 5.74) is 3.15. The molecule has 2 aromatic heterocycles. The van der Waals surface area contributed by atoms with E-state index in [0.29, 0.717) is 37.3 Å². The quantitative estimate of drug-likeness (QED) is 0.288. The normalized spacial score (nSPS) is 14.8. The number of carbonyl (C=O) groups is 1. The summed E-state index contributed by atoms with van der Waals surface area (Å²) in [6, 6.07) is 6.79. The Morgan fingerprint density at radius 1 is 1.14 bits per heavy atom. The first kappa shape index (κ1) is 29.2. The number of benzene rings is 2. The summed E-state index contributed by atoms with van der Waals surface area (Å²) in [6.07, 6.45) is -1.52. The first-order chi connectivity index (χ1) is 19.9. The zero-order valence-corrected chi connectivity index (χ0v) is 23.7. The number of ether oxygens (including phenoxy) is 1. The van der Waals surface area contributed by atoms with Gasteiger partial charge in [0.1, 0.15) is 17.6 Å². The van der Waals surface area contributed by atoms with Gasteiger partial charge < -0.3 is 10.1 Å². The summed E-state index contributed by atoms with van der Waals surface area (Å²) < 4.78 is 64.0. The standard InChI is InChI=1S/C29H31F4N7O2/c1-17-5-6-19(12-26(17)40-16-25(36-37-40)23-14-34-38(3)18(23)2)28(41)35-24-13-21(29(31,32)33)11-20(27(24)42-4)15-39-9-7-22(30)8-10-39/h5-6,11-14,16,22H,7-10,15H2,1-4H3,(H,35,41). The number of hydrogen-bond donors (Lipinski definition) is 1. The smallest absolute Gasteiger partial charge is 0.416 e. The molecule has 9 nitrogen and oxygen atoms in total. The van der Waals surface area contributed by atoms with Crippen LogP contribution in [0.3, 0.4) is 0 Å². The minimum absolute atomic E-state index is 0.107. The second kappa shape index (κ2) is 11.6. The molecule has 13 heteroatoms. The number of nitrogens with zero attached hydrogens (tertiary/aromatic N) is 6. The maximum Gasteiger partial charge on any atom is 0.416 e. The fraction of sp³-hybridized carbons (Fsp3) is 0.379. The van der Waals surface area contributed by atoms with Gasteiger partial charge in [0.15, 0.2) is 0 Å². The second-order valence-corrected chi connectivity index (χ2v) is 10.4. The largest absolute Gasteiger partial charge is 0.494 e. The van der Waals surface area contributed by atoms with Crippen molar-refractivity contribution in [1.82, 2.24) is 29.7 Å². The van der Waals surface area contributed by atoms with Gasteiger partial charge in [-0.05, 0) is 56.5 Å². The number of likely N-dealkylation sites (tertiary alicyclic amines) is 1. The lowest BCUT2D eigenvalue weighted by Crippen LogP contribution is -2.34. The van der Waals surface area contributed by atoms with Crippen molar-refractivity contribution in [3.63, 3.8) is 0 Å². The van der Waals surface area contributed by atoms with Crippen LogP contribution in [0, 0.1) is 13.8 Å². The van der Waals surface area contributed by atoms with Crippen LogP contribution in [0.1, 0.15) is 45.6 Å². The van der Waals surface area contributed by atoms with E-state index in [9.17, 15) is 22.4 Å². The first-order valence-electron chi connectivity index (χ1n) is 13.4. The Labute approximate surface area is 240 Å². The van der Waals surface area contributed by atoms with E-state index >= 15 is 0 Å². The molecular weight excluding hydrogens is 554 g/mol. The molecule has 0 unspecified atom stereocenters. The monoisotopic (exact) mass is 585 g/mol. The van der Waals surface area contributed by atoms with E-state index < -0.39 is 23.8 Å². The molecule has 1 aliphatic rings. The molecule has 1 amide bonds. The van der Waals surface area contributed by atoms with E-state index in [4.69, 9.17) is 4.74 Å². The van der Waals surface area contributed by atoms with E-state index in [1.807, 2.05) is 25.8 Å². The van der Waals surface area contributed by atoms with Gasteiger partial charge in [-0.1, -0.05) is 11.3 Å². The Kier molecular flexibility index (Phi) is 8.04. The molecular formula is C29H31F4N7O2. The molecule has 0 aliphatic carbocycles. The molecule has 1 N–H and O–H groups in total. The fourth-order valence-electron chi connectivity index (χ4n) is 5.05. The number of aromatic nitrogens is 5. The maximum atomic E-state index is 13.9. The third-order valence-corrected chi connectivity index (χ3v) is 7.58. The van der Waals surface area contributed by atoms with Gasteiger partial charge >= 0.3 is 6.18 Å². The number of nitrogens with one attached hydrogen (secondary N) is 1. The highest BCUT2D eigenvalue weighted by Gasteiger charge is 2.33. The fourth-order valence-corrected chi connectivity index (χ4v) is 5.05. The molecule has 1 aliphatic heterocycles. The van der Waals surface area contributed by atoms with Crippen molar-refractivity contribution >= 4 is 11.6 Å². The topological polar surface area (TPSA) is 90.1 Å². The summed E-state index contributed by atoms with van der Waals surface area (Å²) in [5.74, 6) is -0.500. The number of hydrogen-bond acceptors (Lipinski definition) is 6. The van der Waals surface area contributed by atoms with Gasteiger partial charge in [0.25, 0.3) is 5.91 Å². The highest BCUT2D eigenvalue weighted by atomic mass is 19.4. The number of anilines is 1. The second-order valence-electron chi connectivity index (χ2n) is 10.4. The van der Waals surface area contributed by atoms with Crippen LogP contribution in [0.25, 0.3) is 16.9 Å². The van der Waals surface area contributed by atoms with Gasteiger partial charge in [-0.15, -0.1) is 5.10 Å². The van der Waals surface area contributed by atoms with Crippen molar-refractivity contribution in [3.8, 4) is 22.7 Å². The predicted molar refractivity (Wildman–Crippen MR) is 148 cm³/mol. The molecule has 0 spiro atoms. The van der Waals surface area contributed by atoms with Crippen molar-refractivity contribution in [2.45, 2.75) is 45.6 Å². The van der Waals surface area contributed by atoms with Crippen LogP contribution in [0.4, 0.5) is 23.2 Å². The predicted octanol–water partition coefficient (Wildman–Crippen LogP) is 5.50. The molecule has 2 aromatic carbocycles. The molecule has 222 valence electrons. The van der Waals surface area contributed by atoms with Crippen molar-refractivity contribution in [2.75, 3.05) is 25.5 Å². The Morgan fingerprint density at radius 3 is 2.52 bits per heavy atom. The highest BCUT2D eigenvalue weighted by Crippen LogP contribution is 2.39. The van der Waals surface area contributed by atoms with E-state index in [0.717, 1.165) is 29.0 Å². The number of alkyl halides is 4. The molecule has 42 heavy (non-hydrogen) atoms. The van der Waals surface area contributed by atoms with Gasteiger partial charge in [0.05, 0.1) is 36.4 Å². The van der Waals surface area contributed by atoms with Crippen LogP contribution in [0.5, 0.6) is 5.75 Å². The third kappa shape index (κ3) is 6.01. The first-order valence-corrected chi connectivity index (χ1v) is 13.4. The Bertz CT molecular complexity index is 1600. The average molecular weight is 586 g/mol. The minimum Gasteiger partial charge on any atom is -0.494 e. The van der Waals surface area contributed by atoms with Crippen LogP contribution >= 0.6 is 0 Å². The van der Waals surface area contributed by atoms with Gasteiger partial charge in [-0.2, -0.15) is 18.3 Å². The molecule has 0 radical (unpaired) electrons. The number of halogens is 4. The van der Waals surface area contributed by atoms with Gasteiger partial charge in [0.2, 0.25) is 0 Å². The van der Waals surface area contributed by atoms with E-state index in [1.54, 1.807) is 35.3 Å². The van der Waals surface area contributed by atoms with Crippen molar-refractivity contribution in [1.29, 1.82) is 0 Å². The van der Waals surface area contributed by atoms with Crippen LogP contribution in [0.2, 0.25) is 0 Å². The summed E-state index contributed by atoms with van der Waals surface area (Å²) in [4.78, 5) is 15.3. The molecule has 3 heterocycles. The Morgan fingerprint density at radius 2 is 1.88 bits per heavy atom. The molecule has 0 atom stereocenters. The SMILES string of the molecule is COc1c(CN2CCC(F)CC2)cc(C(F)(F)F)cc1NC(=O)c1ccc(C)c(-n2cc(-c3cnn(C)c3C)nn2)c1. The molecule has 0 bridgehead atoms. The van der Waals surface area contributed by atoms with E-state index in [-0.39, 0.29) is 29.1 Å². The molecule has 1 fully saturated rings. The molecule has 0 saturated carbocycles. The summed E-state index contributed by atoms with van der Waals surface area (Å²) >= 11 is 0. The molecule has 5 rings (SSSR count). The van der Waals surface area contributed by atoms with Crippen molar-refractivity contribution < 1.29 is 27.1 Å².